The van der Waals surface area contributed by atoms with E-state index in [4.69, 9.17) is 40.1 Å². The van der Waals surface area contributed by atoms with Crippen LogP contribution >= 0.6 is 0 Å². The van der Waals surface area contributed by atoms with Gasteiger partial charge in [-0.05, 0) is 276 Å². The van der Waals surface area contributed by atoms with Crippen LogP contribution in [0.25, 0.3) is 43.6 Å². The second-order valence-electron chi connectivity index (χ2n) is 38.2. The first-order chi connectivity index (χ1) is 53.2. The molecule has 5 fully saturated rings. The average molecular weight is 1570 g/mol. The third-order valence-electron chi connectivity index (χ3n) is 25.0. The molecule has 0 radical (unpaired) electrons. The highest BCUT2D eigenvalue weighted by Crippen LogP contribution is 2.45. The summed E-state index contributed by atoms with van der Waals surface area (Å²) in [5, 5.41) is 4.84. The number of nitrogens with zero attached hydrogens (tertiary/aromatic N) is 3. The van der Waals surface area contributed by atoms with Gasteiger partial charge < -0.3 is 64.8 Å². The maximum atomic E-state index is 12.8. The number of aromatic nitrogens is 7. The van der Waals surface area contributed by atoms with Crippen LogP contribution in [0.2, 0.25) is 0 Å². The summed E-state index contributed by atoms with van der Waals surface area (Å²) in [7, 11) is 0. The molecule has 5 aliphatic carbocycles. The molecule has 1 amide bonds. The van der Waals surface area contributed by atoms with Crippen LogP contribution < -0.4 is 90.6 Å². The number of fused-ring (bicyclic) bond motifs is 4. The second kappa shape index (κ2) is 36.3. The van der Waals surface area contributed by atoms with Crippen molar-refractivity contribution in [1.82, 2.24) is 39.0 Å². The second-order valence-corrected chi connectivity index (χ2v) is 38.2. The van der Waals surface area contributed by atoms with Crippen molar-refractivity contribution in [3.05, 3.63) is 180 Å². The minimum atomic E-state index is -0.762. The molecule has 5 aliphatic rings. The summed E-state index contributed by atoms with van der Waals surface area (Å²) >= 11 is 0. The summed E-state index contributed by atoms with van der Waals surface area (Å²) in [5.74, 6) is 2.70. The Labute approximate surface area is 667 Å². The maximum absolute atomic E-state index is 12.8. The zero-order chi connectivity index (χ0) is 83.9. The normalized spacial score (nSPS) is 22.2. The molecule has 620 valence electrons. The number of amides is 1. The Kier molecular flexibility index (Phi) is 28.0. The van der Waals surface area contributed by atoms with E-state index in [9.17, 15) is 43.2 Å². The first kappa shape index (κ1) is 88.0. The standard InChI is InChI=1S/3C18H25N3O2.C17H27N3O.C10H21N.C8H6N2O3/c3*1-18(2,3)11-4-7-13(8-5-11)21-16(22)14-10-12(19)6-9-15(14)20-17(21)23;1-17(2,3)11-4-7-13(8-5-11)20-16(21)14-10-12(18)6-9-15(14)19;1-10(2,3)8-4-6-9(11)7-5-8;9-4-1-2-6-5(3-4)7(11)13-8(12)10-6/h3*6,9-11,13H,4-5,7-8,19H2,1-3H3,(H,20,23);6,9-11,13H,4-5,7-8,18-19H2,1-3H3,(H,20,21);8-9H,4-7,11H2,1-3H3;1-3H,9H2,(H,10,12). The van der Waals surface area contributed by atoms with Crippen LogP contribution in [0.15, 0.2) is 134 Å². The van der Waals surface area contributed by atoms with E-state index in [1.54, 1.807) is 84.9 Å². The molecule has 0 unspecified atom stereocenters. The van der Waals surface area contributed by atoms with Crippen molar-refractivity contribution in [2.75, 3.05) is 34.4 Å². The van der Waals surface area contributed by atoms with Crippen LogP contribution in [0.1, 0.15) is 261 Å². The Bertz CT molecular complexity index is 4990. The molecular weight excluding hydrogens is 1440 g/mol. The minimum absolute atomic E-state index is 0.0179. The van der Waals surface area contributed by atoms with Crippen molar-refractivity contribution < 1.29 is 9.21 Å². The molecular formula is C89H129N15O10. The molecule has 4 heterocycles. The van der Waals surface area contributed by atoms with Gasteiger partial charge in [0.25, 0.3) is 22.6 Å². The Balaban J connectivity index is 0.000000159. The fourth-order valence-electron chi connectivity index (χ4n) is 17.6. The molecule has 9 aromatic rings. The van der Waals surface area contributed by atoms with Crippen LogP contribution in [-0.4, -0.2) is 51.6 Å². The van der Waals surface area contributed by atoms with Gasteiger partial charge in [-0.15, -0.1) is 0 Å². The van der Waals surface area contributed by atoms with E-state index in [1.807, 2.05) is 0 Å². The molecule has 5 aromatic carbocycles. The Morgan fingerprint density at radius 3 is 0.921 bits per heavy atom. The van der Waals surface area contributed by atoms with E-state index in [2.05, 4.69) is 134 Å². The Morgan fingerprint density at radius 1 is 0.351 bits per heavy atom. The van der Waals surface area contributed by atoms with Gasteiger partial charge in [-0.1, -0.05) is 104 Å². The smallest absolute Gasteiger partial charge is 0.399 e. The third kappa shape index (κ3) is 22.6. The van der Waals surface area contributed by atoms with E-state index in [0.29, 0.717) is 113 Å². The van der Waals surface area contributed by atoms with E-state index in [-0.39, 0.29) is 85.5 Å². The maximum Gasteiger partial charge on any atom is 0.419 e. The lowest BCUT2D eigenvalue weighted by molar-refractivity contribution is 0.0904. The number of benzene rings is 5. The number of hydrogen-bond donors (Lipinski definition) is 12. The number of nitrogens with one attached hydrogen (secondary N) is 5. The number of aromatic amines is 4. The molecule has 4 aromatic heterocycles. The summed E-state index contributed by atoms with van der Waals surface area (Å²) in [5.41, 5.74) is 45.3. The summed E-state index contributed by atoms with van der Waals surface area (Å²) in [6, 6.07) is 25.4. The third-order valence-corrected chi connectivity index (χ3v) is 25.0. The first-order valence-electron chi connectivity index (χ1n) is 41.0. The monoisotopic (exact) mass is 1570 g/mol. The molecule has 0 spiro atoms. The van der Waals surface area contributed by atoms with Gasteiger partial charge >= 0.3 is 28.5 Å². The lowest BCUT2D eigenvalue weighted by Gasteiger charge is -2.37. The number of carbonyl (C=O) groups is 1. The number of nitrogen functional groups attached to an aromatic ring is 6. The van der Waals surface area contributed by atoms with Gasteiger partial charge in [0.2, 0.25) is 0 Å². The van der Waals surface area contributed by atoms with Crippen molar-refractivity contribution in [3.63, 3.8) is 0 Å². The van der Waals surface area contributed by atoms with E-state index >= 15 is 0 Å². The Hall–Kier alpha value is -9.91. The fraction of sp³-hybridized carbons (Fsp3) is 0.562. The zero-order valence-corrected chi connectivity index (χ0v) is 70.0. The molecule has 5 saturated carbocycles. The number of rotatable bonds is 5. The molecule has 0 aliphatic heterocycles. The van der Waals surface area contributed by atoms with Crippen LogP contribution in [0.3, 0.4) is 0 Å². The lowest BCUT2D eigenvalue weighted by Crippen LogP contribution is -2.40. The van der Waals surface area contributed by atoms with Crippen molar-refractivity contribution in [2.45, 2.75) is 262 Å². The van der Waals surface area contributed by atoms with Crippen LogP contribution in [-0.2, 0) is 0 Å². The largest absolute Gasteiger partial charge is 0.419 e. The highest BCUT2D eigenvalue weighted by molar-refractivity contribution is 6.00. The SMILES string of the molecule is CC(C)(C)C1CCC(N)CC1.CC(C)(C)C1CCC(NC(=O)c2cc(N)ccc2N)CC1.CC(C)(C)C1CCC(n2c(=O)[nH]c3ccc(N)cc3c2=O)CC1.CC(C)(C)C1CCC(n2c(=O)[nH]c3ccc(N)cc3c2=O)CC1.CC(C)(C)C1CCC(n2c(=O)[nH]c3ccc(N)cc3c2=O)CC1.Nc1ccc2[nH]c(=O)oc(=O)c2c1. The number of nitrogens with two attached hydrogens (primary N) is 7. The number of hydrogen-bond acceptors (Lipinski definition) is 17. The average Bonchev–Trinajstić information content (AvgIpc) is 0.781. The van der Waals surface area contributed by atoms with Crippen LogP contribution in [0.5, 0.6) is 0 Å². The lowest BCUT2D eigenvalue weighted by atomic mass is 9.71. The highest BCUT2D eigenvalue weighted by atomic mass is 16.4. The fourth-order valence-corrected chi connectivity index (χ4v) is 17.6. The van der Waals surface area contributed by atoms with E-state index in [1.165, 1.54) is 58.3 Å². The molecule has 25 heteroatoms. The van der Waals surface area contributed by atoms with E-state index < -0.39 is 11.4 Å². The van der Waals surface area contributed by atoms with Gasteiger partial charge in [0.1, 0.15) is 0 Å². The van der Waals surface area contributed by atoms with Crippen LogP contribution in [0.4, 0.5) is 34.1 Å². The van der Waals surface area contributed by atoms with Crippen molar-refractivity contribution in [1.29, 1.82) is 0 Å². The van der Waals surface area contributed by atoms with E-state index in [0.717, 1.165) is 102 Å². The van der Waals surface area contributed by atoms with Gasteiger partial charge in [-0.25, -0.2) is 24.0 Å². The molecule has 19 N–H and O–H groups in total. The predicted octanol–water partition coefficient (Wildman–Crippen LogP) is 14.9. The predicted molar refractivity (Wildman–Crippen MR) is 466 cm³/mol. The molecule has 0 atom stereocenters. The van der Waals surface area contributed by atoms with Gasteiger partial charge in [0.05, 0.1) is 49.2 Å². The Morgan fingerprint density at radius 2 is 0.614 bits per heavy atom. The molecule has 114 heavy (non-hydrogen) atoms. The first-order valence-corrected chi connectivity index (χ1v) is 41.0. The zero-order valence-electron chi connectivity index (χ0n) is 70.0. The van der Waals surface area contributed by atoms with Gasteiger partial charge in [-0.2, -0.15) is 0 Å². The quantitative estimate of drug-likeness (QED) is 0.0712. The molecule has 14 rings (SSSR count). The molecule has 0 saturated heterocycles. The minimum Gasteiger partial charge on any atom is -0.399 e. The molecule has 25 nitrogen and oxygen atoms in total. The number of anilines is 6. The van der Waals surface area contributed by atoms with Crippen LogP contribution in [0, 0.1) is 56.7 Å². The number of H-pyrrole nitrogens is 4. The van der Waals surface area contributed by atoms with Crippen molar-refractivity contribution >= 4 is 83.6 Å². The van der Waals surface area contributed by atoms with Crippen molar-refractivity contribution in [2.24, 2.45) is 62.4 Å². The molecule has 0 bridgehead atoms. The number of carbonyl (C=O) groups excluding carboxylic acids is 1. The summed E-state index contributed by atoms with van der Waals surface area (Å²) < 4.78 is 8.53. The topological polar surface area (TPSA) is 439 Å². The highest BCUT2D eigenvalue weighted by Gasteiger charge is 2.36. The van der Waals surface area contributed by atoms with Gasteiger partial charge in [0, 0.05) is 64.3 Å². The summed E-state index contributed by atoms with van der Waals surface area (Å²) in [6.07, 6.45) is 21.1. The van der Waals surface area contributed by atoms with Gasteiger partial charge in [-0.3, -0.25) is 37.9 Å². The summed E-state index contributed by atoms with van der Waals surface area (Å²) in [6.45, 7) is 34.2. The van der Waals surface area contributed by atoms with Gasteiger partial charge in [0.15, 0.2) is 0 Å². The van der Waals surface area contributed by atoms with Crippen molar-refractivity contribution in [3.8, 4) is 0 Å². The summed E-state index contributed by atoms with van der Waals surface area (Å²) in [4.78, 5) is 120.